The number of anilines is 1. The van der Waals surface area contributed by atoms with E-state index in [4.69, 9.17) is 10.5 Å². The molecule has 5 N–H and O–H groups in total. The fourth-order valence-electron chi connectivity index (χ4n) is 2.34. The second kappa shape index (κ2) is 7.91. The highest BCUT2D eigenvalue weighted by molar-refractivity contribution is 9.10. The second-order valence-electron chi connectivity index (χ2n) is 5.11. The predicted octanol–water partition coefficient (Wildman–Crippen LogP) is 1.33. The third kappa shape index (κ3) is 4.08. The molecule has 2 aromatic rings. The molecule has 0 bridgehead atoms. The minimum absolute atomic E-state index is 0.0430. The van der Waals surface area contributed by atoms with Gasteiger partial charge >= 0.3 is 17.9 Å². The number of ether oxygens (including phenoxy) is 2. The summed E-state index contributed by atoms with van der Waals surface area (Å²) in [4.78, 5) is 48.8. The van der Waals surface area contributed by atoms with Crippen molar-refractivity contribution in [2.45, 2.75) is 0 Å². The van der Waals surface area contributed by atoms with Gasteiger partial charge in [0.25, 0.3) is 5.56 Å². The molecule has 10 nitrogen and oxygen atoms in total. The lowest BCUT2D eigenvalue weighted by Gasteiger charge is -2.16. The number of methoxy groups -OCH3 is 1. The lowest BCUT2D eigenvalue weighted by molar-refractivity contribution is -0.142. The van der Waals surface area contributed by atoms with Crippen LogP contribution >= 0.6 is 15.9 Å². The van der Waals surface area contributed by atoms with Crippen LogP contribution in [0.4, 0.5) is 5.82 Å². The zero-order valence-electron chi connectivity index (χ0n) is 13.7. The predicted molar refractivity (Wildman–Crippen MR) is 96.0 cm³/mol. The molecule has 11 heteroatoms. The van der Waals surface area contributed by atoms with E-state index in [0.717, 1.165) is 7.11 Å². The average molecular weight is 441 g/mol. The average Bonchev–Trinajstić information content (AvgIpc) is 2.58. The van der Waals surface area contributed by atoms with Crippen molar-refractivity contribution < 1.29 is 34.1 Å². The Bertz CT molecular complexity index is 999. The van der Waals surface area contributed by atoms with E-state index in [-0.39, 0.29) is 11.3 Å². The van der Waals surface area contributed by atoms with E-state index in [1.165, 1.54) is 18.2 Å². The number of benzene rings is 1. The minimum atomic E-state index is -1.66. The van der Waals surface area contributed by atoms with Crippen LogP contribution in [0.2, 0.25) is 0 Å². The van der Waals surface area contributed by atoms with Crippen LogP contribution in [-0.4, -0.2) is 46.8 Å². The standard InChI is InChI=1S/C16H13BrN2O8/c1-26-9(20)5-27-8-3-2-6(17)4-7(8)10-11(15(22)23)13(18)19-14(21)12(10)16(24)25/h2-4H,5H2,1H3,(H,22,23)(H,24,25)(H3,18,19,21). The highest BCUT2D eigenvalue weighted by Gasteiger charge is 2.28. The fourth-order valence-corrected chi connectivity index (χ4v) is 2.70. The molecule has 0 radical (unpaired) electrons. The van der Waals surface area contributed by atoms with Gasteiger partial charge in [0.15, 0.2) is 6.61 Å². The Balaban J connectivity index is 2.86. The van der Waals surface area contributed by atoms with Crippen LogP contribution in [0.1, 0.15) is 20.7 Å². The first-order valence-electron chi connectivity index (χ1n) is 7.19. The quantitative estimate of drug-likeness (QED) is 0.483. The largest absolute Gasteiger partial charge is 0.481 e. The first kappa shape index (κ1) is 20.0. The lowest BCUT2D eigenvalue weighted by atomic mass is 9.94. The van der Waals surface area contributed by atoms with Gasteiger partial charge in [-0.1, -0.05) is 15.9 Å². The monoisotopic (exact) mass is 440 g/mol. The number of nitrogen functional groups attached to an aromatic ring is 1. The number of carboxylic acids is 2. The smallest absolute Gasteiger partial charge is 0.343 e. The van der Waals surface area contributed by atoms with Gasteiger partial charge in [-0.3, -0.25) is 4.79 Å². The number of halogens is 1. The number of rotatable bonds is 6. The van der Waals surface area contributed by atoms with Crippen molar-refractivity contribution in [2.75, 3.05) is 19.5 Å². The number of esters is 1. The summed E-state index contributed by atoms with van der Waals surface area (Å²) >= 11 is 3.19. The van der Waals surface area contributed by atoms with Crippen LogP contribution in [-0.2, 0) is 9.53 Å². The number of aromatic carboxylic acids is 2. The summed E-state index contributed by atoms with van der Waals surface area (Å²) in [6, 6.07) is 4.24. The van der Waals surface area contributed by atoms with Crippen LogP contribution in [0.15, 0.2) is 27.5 Å². The van der Waals surface area contributed by atoms with Crippen molar-refractivity contribution >= 4 is 39.7 Å². The number of pyridine rings is 1. The third-order valence-electron chi connectivity index (χ3n) is 3.46. The molecular formula is C16H13BrN2O8. The number of aromatic nitrogens is 1. The third-order valence-corrected chi connectivity index (χ3v) is 3.95. The maximum atomic E-state index is 12.1. The Hall–Kier alpha value is -3.34. The van der Waals surface area contributed by atoms with Crippen LogP contribution in [0, 0.1) is 0 Å². The molecular weight excluding hydrogens is 428 g/mol. The zero-order valence-corrected chi connectivity index (χ0v) is 15.3. The molecule has 0 saturated heterocycles. The number of hydrogen-bond donors (Lipinski definition) is 4. The van der Waals surface area contributed by atoms with Gasteiger partial charge in [0.05, 0.1) is 7.11 Å². The number of carbonyl (C=O) groups excluding carboxylic acids is 1. The maximum absolute atomic E-state index is 12.1. The molecule has 0 fully saturated rings. The Morgan fingerprint density at radius 3 is 2.37 bits per heavy atom. The maximum Gasteiger partial charge on any atom is 0.343 e. The van der Waals surface area contributed by atoms with E-state index in [9.17, 15) is 29.4 Å². The molecule has 27 heavy (non-hydrogen) atoms. The molecule has 2 rings (SSSR count). The number of carbonyl (C=O) groups is 3. The summed E-state index contributed by atoms with van der Waals surface area (Å²) in [6.45, 7) is -0.519. The van der Waals surface area contributed by atoms with Crippen molar-refractivity contribution in [3.05, 3.63) is 44.2 Å². The number of nitrogens with two attached hydrogens (primary N) is 1. The Morgan fingerprint density at radius 2 is 1.81 bits per heavy atom. The van der Waals surface area contributed by atoms with Crippen LogP contribution in [0.25, 0.3) is 11.1 Å². The van der Waals surface area contributed by atoms with Gasteiger partial charge in [-0.05, 0) is 18.2 Å². The fraction of sp³-hybridized carbons (Fsp3) is 0.125. The molecule has 1 heterocycles. The number of H-pyrrole nitrogens is 1. The summed E-state index contributed by atoms with van der Waals surface area (Å²) < 4.78 is 10.2. The molecule has 1 aromatic heterocycles. The molecule has 0 amide bonds. The van der Waals surface area contributed by atoms with Gasteiger partial charge in [0.2, 0.25) is 0 Å². The van der Waals surface area contributed by atoms with E-state index in [2.05, 4.69) is 20.7 Å². The van der Waals surface area contributed by atoms with Crippen molar-refractivity contribution in [1.29, 1.82) is 0 Å². The van der Waals surface area contributed by atoms with Gasteiger partial charge < -0.3 is 30.4 Å². The summed E-state index contributed by atoms with van der Waals surface area (Å²) in [6.07, 6.45) is 0. The first-order valence-corrected chi connectivity index (χ1v) is 7.98. The van der Waals surface area contributed by atoms with E-state index in [0.29, 0.717) is 4.47 Å². The summed E-state index contributed by atoms with van der Waals surface area (Å²) in [5, 5.41) is 18.9. The Kier molecular flexibility index (Phi) is 5.85. The van der Waals surface area contributed by atoms with E-state index >= 15 is 0 Å². The van der Waals surface area contributed by atoms with Gasteiger partial charge in [-0.2, -0.15) is 0 Å². The minimum Gasteiger partial charge on any atom is -0.481 e. The molecule has 0 aliphatic carbocycles. The molecule has 0 saturated carbocycles. The first-order chi connectivity index (χ1) is 12.7. The van der Waals surface area contributed by atoms with E-state index in [1.54, 1.807) is 0 Å². The SMILES string of the molecule is COC(=O)COc1ccc(Br)cc1-c1c(C(=O)O)c(N)[nH]c(=O)c1C(=O)O. The normalized spacial score (nSPS) is 10.3. The second-order valence-corrected chi connectivity index (χ2v) is 6.02. The highest BCUT2D eigenvalue weighted by atomic mass is 79.9. The Morgan fingerprint density at radius 1 is 1.19 bits per heavy atom. The van der Waals surface area contributed by atoms with Crippen LogP contribution in [0.5, 0.6) is 5.75 Å². The molecule has 0 aliphatic heterocycles. The van der Waals surface area contributed by atoms with Crippen LogP contribution in [0.3, 0.4) is 0 Å². The summed E-state index contributed by atoms with van der Waals surface area (Å²) in [5.74, 6) is -4.50. The molecule has 0 unspecified atom stereocenters. The van der Waals surface area contributed by atoms with Gasteiger partial charge in [0, 0.05) is 15.6 Å². The van der Waals surface area contributed by atoms with E-state index in [1.807, 2.05) is 4.98 Å². The number of carboxylic acid groups (broad SMARTS) is 2. The molecule has 0 atom stereocenters. The van der Waals surface area contributed by atoms with E-state index < -0.39 is 52.6 Å². The Labute approximate surface area is 159 Å². The van der Waals surface area contributed by atoms with Crippen LogP contribution < -0.4 is 16.0 Å². The molecule has 1 aromatic carbocycles. The zero-order chi connectivity index (χ0) is 20.3. The van der Waals surface area contributed by atoms with Gasteiger partial charge in [-0.15, -0.1) is 0 Å². The molecule has 142 valence electrons. The van der Waals surface area contributed by atoms with Crippen molar-refractivity contribution in [3.8, 4) is 16.9 Å². The van der Waals surface area contributed by atoms with Gasteiger partial charge in [0.1, 0.15) is 22.7 Å². The molecule has 0 aliphatic rings. The topological polar surface area (TPSA) is 169 Å². The number of nitrogens with one attached hydrogen (secondary N) is 1. The summed E-state index contributed by atoms with van der Waals surface area (Å²) in [7, 11) is 1.15. The number of aromatic amines is 1. The van der Waals surface area contributed by atoms with Crippen molar-refractivity contribution in [1.82, 2.24) is 4.98 Å². The van der Waals surface area contributed by atoms with Gasteiger partial charge in [-0.25, -0.2) is 14.4 Å². The highest BCUT2D eigenvalue weighted by Crippen LogP contribution is 2.37. The summed E-state index contributed by atoms with van der Waals surface area (Å²) in [5.41, 5.74) is 2.57. The molecule has 0 spiro atoms. The lowest BCUT2D eigenvalue weighted by Crippen LogP contribution is -2.24. The number of hydrogen-bond acceptors (Lipinski definition) is 7. The van der Waals surface area contributed by atoms with Crippen molar-refractivity contribution in [2.24, 2.45) is 0 Å². The van der Waals surface area contributed by atoms with Crippen molar-refractivity contribution in [3.63, 3.8) is 0 Å².